The van der Waals surface area contributed by atoms with Crippen LogP contribution in [0, 0.1) is 0 Å². The number of aliphatic carboxylic acids is 1. The van der Waals surface area contributed by atoms with Crippen LogP contribution in [0.1, 0.15) is 37.6 Å². The summed E-state index contributed by atoms with van der Waals surface area (Å²) in [7, 11) is 0. The van der Waals surface area contributed by atoms with E-state index in [-0.39, 0.29) is 5.91 Å². The third kappa shape index (κ3) is 3.44. The highest BCUT2D eigenvalue weighted by atomic mass is 16.4. The van der Waals surface area contributed by atoms with Gasteiger partial charge in [0.1, 0.15) is 0 Å². The number of carboxylic acids is 1. The molecular formula is C18H21N5O3. The van der Waals surface area contributed by atoms with Crippen LogP contribution in [0.4, 0.5) is 11.5 Å². The van der Waals surface area contributed by atoms with Gasteiger partial charge in [-0.1, -0.05) is 0 Å². The lowest BCUT2D eigenvalue weighted by Crippen LogP contribution is -2.36. The molecule has 8 nitrogen and oxygen atoms in total. The highest BCUT2D eigenvalue weighted by Crippen LogP contribution is 2.21. The van der Waals surface area contributed by atoms with Crippen molar-refractivity contribution in [1.82, 2.24) is 9.78 Å². The van der Waals surface area contributed by atoms with Gasteiger partial charge in [0.2, 0.25) is 0 Å². The van der Waals surface area contributed by atoms with E-state index in [1.165, 1.54) is 24.7 Å². The summed E-state index contributed by atoms with van der Waals surface area (Å²) in [5.74, 6) is -1.02. The van der Waals surface area contributed by atoms with E-state index in [0.717, 1.165) is 24.4 Å². The van der Waals surface area contributed by atoms with Gasteiger partial charge in [0, 0.05) is 36.5 Å². The second-order valence-corrected chi connectivity index (χ2v) is 6.72. The Morgan fingerprint density at radius 1 is 1.19 bits per heavy atom. The quantitative estimate of drug-likeness (QED) is 0.858. The number of carbonyl (C=O) groups is 2. The first-order valence-electron chi connectivity index (χ1n) is 8.30. The number of aromatic nitrogens is 2. The molecule has 0 spiro atoms. The largest absolute Gasteiger partial charge is 0.479 e. The maximum Gasteiger partial charge on any atom is 0.331 e. The summed E-state index contributed by atoms with van der Waals surface area (Å²) in [4.78, 5) is 23.6. The summed E-state index contributed by atoms with van der Waals surface area (Å²) < 4.78 is 1.31. The van der Waals surface area contributed by atoms with Gasteiger partial charge in [0.25, 0.3) is 5.91 Å². The van der Waals surface area contributed by atoms with E-state index in [9.17, 15) is 14.7 Å². The number of rotatable bonds is 5. The summed E-state index contributed by atoms with van der Waals surface area (Å²) in [6, 6.07) is 8.73. The fraction of sp³-hybridized carbons (Fsp3) is 0.333. The number of benzene rings is 1. The minimum atomic E-state index is -1.20. The number of carbonyl (C=O) groups excluding carboxylic acids is 1. The molecule has 3 rings (SSSR count). The topological polar surface area (TPSA) is 99.8 Å². The van der Waals surface area contributed by atoms with E-state index in [1.54, 1.807) is 18.2 Å². The van der Waals surface area contributed by atoms with Gasteiger partial charge < -0.3 is 10.4 Å². The molecule has 1 aliphatic heterocycles. The van der Waals surface area contributed by atoms with E-state index in [4.69, 9.17) is 0 Å². The van der Waals surface area contributed by atoms with Crippen molar-refractivity contribution >= 4 is 29.1 Å². The minimum absolute atomic E-state index is 0.299. The third-order valence-electron chi connectivity index (χ3n) is 4.33. The Labute approximate surface area is 151 Å². The molecule has 1 amide bonds. The lowest BCUT2D eigenvalue weighted by molar-refractivity contribution is -0.146. The van der Waals surface area contributed by atoms with Crippen LogP contribution in [0.2, 0.25) is 0 Å². The van der Waals surface area contributed by atoms with Crippen LogP contribution in [0.15, 0.2) is 41.6 Å². The zero-order valence-corrected chi connectivity index (χ0v) is 14.9. The van der Waals surface area contributed by atoms with Crippen molar-refractivity contribution in [3.05, 3.63) is 42.1 Å². The van der Waals surface area contributed by atoms with Crippen molar-refractivity contribution in [2.24, 2.45) is 5.10 Å². The molecule has 1 aromatic carbocycles. The molecule has 136 valence electrons. The van der Waals surface area contributed by atoms with Crippen molar-refractivity contribution in [3.8, 4) is 0 Å². The standard InChI is InChI=1S/C18H21N5O3/c1-12-8-10-22(20-12)14-6-4-13(5-7-14)16(24)19-15-9-11-23(21-15)18(2,3)17(25)26/h4-7,9,11H,8,10H2,1-3H3,(H,25,26)(H,19,21,24). The average Bonchev–Trinajstić information content (AvgIpc) is 3.24. The number of amides is 1. The summed E-state index contributed by atoms with van der Waals surface area (Å²) in [5, 5.41) is 22.4. The second-order valence-electron chi connectivity index (χ2n) is 6.72. The predicted molar refractivity (Wildman–Crippen MR) is 98.7 cm³/mol. The molecule has 2 heterocycles. The number of hydrogen-bond donors (Lipinski definition) is 2. The van der Waals surface area contributed by atoms with Crippen LogP contribution in [0.5, 0.6) is 0 Å². The Bertz CT molecular complexity index is 867. The maximum atomic E-state index is 12.4. The minimum Gasteiger partial charge on any atom is -0.479 e. The maximum absolute atomic E-state index is 12.4. The molecule has 0 bridgehead atoms. The SMILES string of the molecule is CC1=NN(c2ccc(C(=O)Nc3ccn(C(C)(C)C(=O)O)n3)cc2)CC1. The van der Waals surface area contributed by atoms with Crippen molar-refractivity contribution in [1.29, 1.82) is 0 Å². The Hall–Kier alpha value is -3.16. The fourth-order valence-electron chi connectivity index (χ4n) is 2.53. The van der Waals surface area contributed by atoms with E-state index in [1.807, 2.05) is 24.1 Å². The Morgan fingerprint density at radius 2 is 1.88 bits per heavy atom. The van der Waals surface area contributed by atoms with Gasteiger partial charge in [0.15, 0.2) is 11.4 Å². The number of hydrogen-bond acceptors (Lipinski definition) is 5. The molecule has 1 aliphatic rings. The van der Waals surface area contributed by atoms with Gasteiger partial charge in [-0.2, -0.15) is 10.2 Å². The van der Waals surface area contributed by atoms with Crippen molar-refractivity contribution in [2.45, 2.75) is 32.7 Å². The molecule has 0 saturated carbocycles. The Balaban J connectivity index is 1.69. The van der Waals surface area contributed by atoms with Gasteiger partial charge in [-0.25, -0.2) is 4.79 Å². The molecule has 8 heteroatoms. The summed E-state index contributed by atoms with van der Waals surface area (Å²) in [6.45, 7) is 5.91. The first-order valence-corrected chi connectivity index (χ1v) is 8.30. The van der Waals surface area contributed by atoms with E-state index in [0.29, 0.717) is 11.4 Å². The highest BCUT2D eigenvalue weighted by Gasteiger charge is 2.30. The molecule has 2 N–H and O–H groups in total. The van der Waals surface area contributed by atoms with Crippen molar-refractivity contribution in [2.75, 3.05) is 16.9 Å². The lowest BCUT2D eigenvalue weighted by atomic mass is 10.1. The summed E-state index contributed by atoms with van der Waals surface area (Å²) in [6.07, 6.45) is 2.47. The van der Waals surface area contributed by atoms with Crippen LogP contribution >= 0.6 is 0 Å². The van der Waals surface area contributed by atoms with Gasteiger partial charge in [-0.15, -0.1) is 0 Å². The molecule has 0 radical (unpaired) electrons. The zero-order chi connectivity index (χ0) is 18.9. The number of carboxylic acid groups (broad SMARTS) is 1. The Morgan fingerprint density at radius 3 is 2.46 bits per heavy atom. The monoisotopic (exact) mass is 355 g/mol. The predicted octanol–water partition coefficient (Wildman–Crippen LogP) is 2.54. The van der Waals surface area contributed by atoms with Crippen molar-refractivity contribution in [3.63, 3.8) is 0 Å². The molecule has 0 atom stereocenters. The molecular weight excluding hydrogens is 334 g/mol. The van der Waals surface area contributed by atoms with E-state index in [2.05, 4.69) is 15.5 Å². The molecule has 0 unspecified atom stereocenters. The van der Waals surface area contributed by atoms with Crippen LogP contribution in [0.25, 0.3) is 0 Å². The van der Waals surface area contributed by atoms with Crippen LogP contribution in [0.3, 0.4) is 0 Å². The normalized spacial score (nSPS) is 14.3. The zero-order valence-electron chi connectivity index (χ0n) is 14.9. The van der Waals surface area contributed by atoms with E-state index < -0.39 is 11.5 Å². The van der Waals surface area contributed by atoms with Crippen LogP contribution in [-0.2, 0) is 10.3 Å². The van der Waals surface area contributed by atoms with Gasteiger partial charge in [-0.05, 0) is 45.0 Å². The second kappa shape index (κ2) is 6.62. The number of nitrogens with one attached hydrogen (secondary N) is 1. The molecule has 1 aromatic heterocycles. The highest BCUT2D eigenvalue weighted by molar-refractivity contribution is 6.04. The average molecular weight is 355 g/mol. The fourth-order valence-corrected chi connectivity index (χ4v) is 2.53. The third-order valence-corrected chi connectivity index (χ3v) is 4.33. The molecule has 0 aliphatic carbocycles. The van der Waals surface area contributed by atoms with Crippen LogP contribution in [-0.4, -0.2) is 39.0 Å². The van der Waals surface area contributed by atoms with Gasteiger partial charge >= 0.3 is 5.97 Å². The number of hydrazone groups is 1. The first-order chi connectivity index (χ1) is 12.3. The molecule has 0 saturated heterocycles. The van der Waals surface area contributed by atoms with Crippen LogP contribution < -0.4 is 10.3 Å². The Kier molecular flexibility index (Phi) is 4.50. The molecule has 2 aromatic rings. The molecule has 0 fully saturated rings. The van der Waals surface area contributed by atoms with Gasteiger partial charge in [-0.3, -0.25) is 14.5 Å². The molecule has 26 heavy (non-hydrogen) atoms. The summed E-state index contributed by atoms with van der Waals surface area (Å²) in [5.41, 5.74) is 1.32. The lowest BCUT2D eigenvalue weighted by Gasteiger charge is -2.19. The first kappa shape index (κ1) is 17.7. The summed E-state index contributed by atoms with van der Waals surface area (Å²) >= 11 is 0. The smallest absolute Gasteiger partial charge is 0.331 e. The van der Waals surface area contributed by atoms with Crippen molar-refractivity contribution < 1.29 is 14.7 Å². The number of nitrogens with zero attached hydrogens (tertiary/aromatic N) is 4. The van der Waals surface area contributed by atoms with Gasteiger partial charge in [0.05, 0.1) is 5.69 Å². The van der Waals surface area contributed by atoms with E-state index >= 15 is 0 Å². The number of anilines is 2.